The normalized spacial score (nSPS) is 30.5. The lowest BCUT2D eigenvalue weighted by atomic mass is 9.88. The quantitative estimate of drug-likeness (QED) is 0.554. The van der Waals surface area contributed by atoms with Crippen molar-refractivity contribution in [2.45, 2.75) is 25.7 Å². The van der Waals surface area contributed by atoms with Crippen LogP contribution in [0.2, 0.25) is 0 Å². The molecular formula is C10H14O2. The lowest BCUT2D eigenvalue weighted by molar-refractivity contribution is -0.118. The fourth-order valence-electron chi connectivity index (χ4n) is 1.93. The van der Waals surface area contributed by atoms with E-state index >= 15 is 0 Å². The van der Waals surface area contributed by atoms with Gasteiger partial charge in [0.05, 0.1) is 6.61 Å². The molecule has 0 N–H and O–H groups in total. The Bertz CT molecular complexity index is 212. The van der Waals surface area contributed by atoms with E-state index in [4.69, 9.17) is 4.74 Å². The van der Waals surface area contributed by atoms with Crippen LogP contribution in [0.4, 0.5) is 0 Å². The summed E-state index contributed by atoms with van der Waals surface area (Å²) >= 11 is 0. The molecule has 0 aromatic carbocycles. The maximum absolute atomic E-state index is 10.9. The molecule has 0 aromatic rings. The molecule has 1 saturated heterocycles. The summed E-state index contributed by atoms with van der Waals surface area (Å²) in [6, 6.07) is 0. The average Bonchev–Trinajstić information content (AvgIpc) is 2.58. The van der Waals surface area contributed by atoms with Gasteiger partial charge >= 0.3 is 0 Å². The summed E-state index contributed by atoms with van der Waals surface area (Å²) in [5.41, 5.74) is 1.46. The Morgan fingerprint density at radius 1 is 1.42 bits per heavy atom. The van der Waals surface area contributed by atoms with Gasteiger partial charge in [-0.2, -0.15) is 0 Å². The van der Waals surface area contributed by atoms with Gasteiger partial charge in [-0.25, -0.2) is 0 Å². The van der Waals surface area contributed by atoms with Gasteiger partial charge in [0.15, 0.2) is 0 Å². The molecule has 0 aromatic heterocycles. The number of ether oxygens (including phenoxy) is 1. The number of hydrogen-bond donors (Lipinski definition) is 0. The number of Topliss-reactive ketones (excluding diaryl/α,β-unsaturated/α-hetero) is 1. The van der Waals surface area contributed by atoms with Gasteiger partial charge in [0, 0.05) is 25.4 Å². The van der Waals surface area contributed by atoms with E-state index in [0.29, 0.717) is 18.1 Å². The minimum atomic E-state index is 0.387. The van der Waals surface area contributed by atoms with Crippen molar-refractivity contribution in [1.29, 1.82) is 0 Å². The Kier molecular flexibility index (Phi) is 2.26. The van der Waals surface area contributed by atoms with Crippen LogP contribution in [0.5, 0.6) is 0 Å². The van der Waals surface area contributed by atoms with Crippen molar-refractivity contribution in [3.05, 3.63) is 11.6 Å². The number of carbonyl (C=O) groups excluding carboxylic acids is 1. The molecule has 2 nitrogen and oxygen atoms in total. The summed E-state index contributed by atoms with van der Waals surface area (Å²) in [4.78, 5) is 10.9. The molecule has 0 saturated carbocycles. The van der Waals surface area contributed by atoms with E-state index in [9.17, 15) is 4.79 Å². The lowest BCUT2D eigenvalue weighted by Crippen LogP contribution is -2.11. The van der Waals surface area contributed by atoms with Gasteiger partial charge in [-0.3, -0.25) is 4.79 Å². The largest absolute Gasteiger partial charge is 0.381 e. The van der Waals surface area contributed by atoms with Crippen molar-refractivity contribution in [1.82, 2.24) is 0 Å². The molecule has 1 aliphatic heterocycles. The third-order valence-electron chi connectivity index (χ3n) is 2.74. The zero-order valence-electron chi connectivity index (χ0n) is 7.21. The molecule has 1 atom stereocenters. The van der Waals surface area contributed by atoms with Gasteiger partial charge in [0.25, 0.3) is 0 Å². The van der Waals surface area contributed by atoms with Crippen molar-refractivity contribution < 1.29 is 9.53 Å². The highest BCUT2D eigenvalue weighted by Gasteiger charge is 2.22. The summed E-state index contributed by atoms with van der Waals surface area (Å²) in [5.74, 6) is 1.01. The monoisotopic (exact) mass is 166 g/mol. The Morgan fingerprint density at radius 3 is 2.92 bits per heavy atom. The van der Waals surface area contributed by atoms with Crippen LogP contribution in [0, 0.1) is 5.92 Å². The van der Waals surface area contributed by atoms with E-state index in [-0.39, 0.29) is 0 Å². The van der Waals surface area contributed by atoms with Crippen molar-refractivity contribution in [3.63, 3.8) is 0 Å². The van der Waals surface area contributed by atoms with E-state index in [1.54, 1.807) is 0 Å². The molecule has 0 radical (unpaired) electrons. The Hall–Kier alpha value is -0.630. The first-order valence-corrected chi connectivity index (χ1v) is 4.64. The maximum atomic E-state index is 10.9. The van der Waals surface area contributed by atoms with Crippen LogP contribution in [-0.2, 0) is 9.53 Å². The first-order chi connectivity index (χ1) is 5.86. The van der Waals surface area contributed by atoms with Crippen LogP contribution >= 0.6 is 0 Å². The highest BCUT2D eigenvalue weighted by atomic mass is 16.5. The number of carbonyl (C=O) groups is 1. The minimum absolute atomic E-state index is 0.387. The van der Waals surface area contributed by atoms with Crippen molar-refractivity contribution >= 4 is 5.78 Å². The Balaban J connectivity index is 1.99. The van der Waals surface area contributed by atoms with Crippen molar-refractivity contribution in [3.8, 4) is 0 Å². The first kappa shape index (κ1) is 7.99. The fraction of sp³-hybridized carbons (Fsp3) is 0.700. The molecule has 1 aliphatic carbocycles. The van der Waals surface area contributed by atoms with Gasteiger partial charge in [-0.15, -0.1) is 0 Å². The van der Waals surface area contributed by atoms with E-state index in [2.05, 4.69) is 6.08 Å². The van der Waals surface area contributed by atoms with Crippen LogP contribution in [0.3, 0.4) is 0 Å². The third-order valence-corrected chi connectivity index (χ3v) is 2.74. The topological polar surface area (TPSA) is 26.3 Å². The molecule has 2 rings (SSSR count). The molecule has 1 unspecified atom stereocenters. The lowest BCUT2D eigenvalue weighted by Gasteiger charge is -2.16. The molecule has 0 bridgehead atoms. The van der Waals surface area contributed by atoms with E-state index in [1.165, 1.54) is 5.57 Å². The van der Waals surface area contributed by atoms with E-state index < -0.39 is 0 Å². The van der Waals surface area contributed by atoms with Crippen LogP contribution in [0.25, 0.3) is 0 Å². The standard InChI is InChI=1S/C10H14O2/c11-10-3-1-8(2-4-10)9-5-6-12-7-9/h1,9H,2-7H2. The summed E-state index contributed by atoms with van der Waals surface area (Å²) in [5, 5.41) is 0. The van der Waals surface area contributed by atoms with Crippen LogP contribution in [-0.4, -0.2) is 19.0 Å². The highest BCUT2D eigenvalue weighted by molar-refractivity contribution is 5.81. The molecule has 2 heteroatoms. The predicted molar refractivity (Wildman–Crippen MR) is 45.9 cm³/mol. The number of allylic oxidation sites excluding steroid dienone is 1. The molecule has 2 aliphatic rings. The molecule has 0 spiro atoms. The van der Waals surface area contributed by atoms with Gasteiger partial charge in [0.2, 0.25) is 0 Å². The van der Waals surface area contributed by atoms with Crippen LogP contribution < -0.4 is 0 Å². The summed E-state index contributed by atoms with van der Waals surface area (Å²) in [7, 11) is 0. The maximum Gasteiger partial charge on any atom is 0.136 e. The fourth-order valence-corrected chi connectivity index (χ4v) is 1.93. The number of hydrogen-bond acceptors (Lipinski definition) is 2. The van der Waals surface area contributed by atoms with Gasteiger partial charge in [0.1, 0.15) is 5.78 Å². The molecule has 66 valence electrons. The van der Waals surface area contributed by atoms with Crippen LogP contribution in [0.1, 0.15) is 25.7 Å². The van der Waals surface area contributed by atoms with Gasteiger partial charge < -0.3 is 4.74 Å². The second kappa shape index (κ2) is 3.40. The zero-order chi connectivity index (χ0) is 8.39. The molecule has 12 heavy (non-hydrogen) atoms. The Labute approximate surface area is 72.6 Å². The van der Waals surface area contributed by atoms with Gasteiger partial charge in [-0.1, -0.05) is 11.6 Å². The van der Waals surface area contributed by atoms with Crippen molar-refractivity contribution in [2.75, 3.05) is 13.2 Å². The summed E-state index contributed by atoms with van der Waals surface area (Å²) < 4.78 is 5.31. The smallest absolute Gasteiger partial charge is 0.136 e. The zero-order valence-corrected chi connectivity index (χ0v) is 7.21. The third kappa shape index (κ3) is 1.58. The van der Waals surface area contributed by atoms with E-state index in [1.807, 2.05) is 0 Å². The number of rotatable bonds is 1. The molecular weight excluding hydrogens is 152 g/mol. The van der Waals surface area contributed by atoms with Gasteiger partial charge in [-0.05, 0) is 12.8 Å². The SMILES string of the molecule is O=C1CC=C(C2CCOC2)CC1. The minimum Gasteiger partial charge on any atom is -0.381 e. The summed E-state index contributed by atoms with van der Waals surface area (Å²) in [6.07, 6.45) is 5.66. The first-order valence-electron chi connectivity index (χ1n) is 4.64. The Morgan fingerprint density at radius 2 is 2.33 bits per heavy atom. The second-order valence-corrected chi connectivity index (χ2v) is 3.58. The number of ketones is 1. The average molecular weight is 166 g/mol. The summed E-state index contributed by atoms with van der Waals surface area (Å²) in [6.45, 7) is 1.77. The molecule has 1 fully saturated rings. The predicted octanol–water partition coefficient (Wildman–Crippen LogP) is 1.70. The van der Waals surface area contributed by atoms with E-state index in [0.717, 1.165) is 32.5 Å². The molecule has 1 heterocycles. The molecule has 0 amide bonds. The van der Waals surface area contributed by atoms with Crippen molar-refractivity contribution in [2.24, 2.45) is 5.92 Å². The second-order valence-electron chi connectivity index (χ2n) is 3.58. The highest BCUT2D eigenvalue weighted by Crippen LogP contribution is 2.28. The van der Waals surface area contributed by atoms with Crippen LogP contribution in [0.15, 0.2) is 11.6 Å².